The standard InChI is InChI=1S/C49H94/c1-6-11-16-21-26-28-33-38-43-48-46(41-36-31-24-19-14-9-4)45(40-35-30-23-18-13-8-3)47(42-37-32-25-20-15-10-5)49(48)44-39-34-29-27-22-17-12-7-2/h46H,6-44H2,1-5H3. The van der Waals surface area contributed by atoms with E-state index in [4.69, 9.17) is 0 Å². The number of rotatable bonds is 39. The molecular weight excluding hydrogens is 589 g/mol. The molecule has 0 saturated carbocycles. The Bertz CT molecular complexity index is 752. The maximum absolute atomic E-state index is 2.36. The van der Waals surface area contributed by atoms with Crippen LogP contribution in [0.5, 0.6) is 0 Å². The molecule has 1 atom stereocenters. The van der Waals surface area contributed by atoms with Crippen molar-refractivity contribution in [1.82, 2.24) is 0 Å². The molecule has 0 aliphatic heterocycles. The Hall–Kier alpha value is -0.520. The Morgan fingerprint density at radius 3 is 0.755 bits per heavy atom. The lowest BCUT2D eigenvalue weighted by Gasteiger charge is -2.21. The molecule has 0 aromatic heterocycles. The van der Waals surface area contributed by atoms with Crippen molar-refractivity contribution in [3.05, 3.63) is 22.3 Å². The van der Waals surface area contributed by atoms with Gasteiger partial charge in [0.1, 0.15) is 0 Å². The average Bonchev–Trinajstić information content (AvgIpc) is 3.38. The summed E-state index contributed by atoms with van der Waals surface area (Å²) in [4.78, 5) is 0. The molecule has 0 aromatic rings. The summed E-state index contributed by atoms with van der Waals surface area (Å²) >= 11 is 0. The highest BCUT2D eigenvalue weighted by Gasteiger charge is 2.31. The largest absolute Gasteiger partial charge is 0.0654 e. The van der Waals surface area contributed by atoms with Gasteiger partial charge in [-0.15, -0.1) is 0 Å². The minimum absolute atomic E-state index is 0.811. The Kier molecular flexibility index (Phi) is 34.0. The lowest BCUT2D eigenvalue weighted by atomic mass is 9.84. The smallest absolute Gasteiger partial charge is 0.00188 e. The molecular formula is C49H94. The lowest BCUT2D eigenvalue weighted by Crippen LogP contribution is -2.07. The van der Waals surface area contributed by atoms with E-state index in [1.807, 2.05) is 22.3 Å². The molecule has 0 N–H and O–H groups in total. The van der Waals surface area contributed by atoms with Crippen LogP contribution < -0.4 is 0 Å². The minimum atomic E-state index is 0.811. The van der Waals surface area contributed by atoms with Gasteiger partial charge in [0.15, 0.2) is 0 Å². The van der Waals surface area contributed by atoms with Gasteiger partial charge in [-0.3, -0.25) is 0 Å². The van der Waals surface area contributed by atoms with Crippen molar-refractivity contribution in [2.45, 2.75) is 285 Å². The summed E-state index contributed by atoms with van der Waals surface area (Å²) in [5, 5.41) is 0. The first-order valence-electron chi connectivity index (χ1n) is 23.7. The fourth-order valence-electron chi connectivity index (χ4n) is 8.83. The quantitative estimate of drug-likeness (QED) is 0.0566. The molecule has 290 valence electrons. The molecule has 49 heavy (non-hydrogen) atoms. The monoisotopic (exact) mass is 683 g/mol. The highest BCUT2D eigenvalue weighted by atomic mass is 14.4. The van der Waals surface area contributed by atoms with Gasteiger partial charge in [0.05, 0.1) is 0 Å². The van der Waals surface area contributed by atoms with Gasteiger partial charge in [0.2, 0.25) is 0 Å². The minimum Gasteiger partial charge on any atom is -0.0654 e. The third kappa shape index (κ3) is 24.4. The van der Waals surface area contributed by atoms with Crippen LogP contribution in [0.2, 0.25) is 0 Å². The first-order valence-corrected chi connectivity index (χ1v) is 23.7. The molecule has 0 bridgehead atoms. The average molecular weight is 683 g/mol. The fraction of sp³-hybridized carbons (Fsp3) is 0.918. The lowest BCUT2D eigenvalue weighted by molar-refractivity contribution is 0.507. The Labute approximate surface area is 312 Å². The summed E-state index contributed by atoms with van der Waals surface area (Å²) in [6.07, 6.45) is 56.1. The van der Waals surface area contributed by atoms with Gasteiger partial charge in [-0.2, -0.15) is 0 Å². The summed E-state index contributed by atoms with van der Waals surface area (Å²) in [7, 11) is 0. The topological polar surface area (TPSA) is 0 Å². The van der Waals surface area contributed by atoms with Gasteiger partial charge in [0, 0.05) is 5.92 Å². The molecule has 0 amide bonds. The van der Waals surface area contributed by atoms with Crippen LogP contribution in [0.1, 0.15) is 285 Å². The van der Waals surface area contributed by atoms with Gasteiger partial charge in [-0.05, 0) is 68.9 Å². The summed E-state index contributed by atoms with van der Waals surface area (Å²) in [6, 6.07) is 0. The van der Waals surface area contributed by atoms with Crippen molar-refractivity contribution in [3.63, 3.8) is 0 Å². The zero-order valence-electron chi connectivity index (χ0n) is 35.2. The summed E-state index contributed by atoms with van der Waals surface area (Å²) < 4.78 is 0. The predicted octanol–water partition coefficient (Wildman–Crippen LogP) is 18.5. The van der Waals surface area contributed by atoms with Crippen LogP contribution in [0, 0.1) is 5.92 Å². The van der Waals surface area contributed by atoms with Crippen LogP contribution in [0.3, 0.4) is 0 Å². The van der Waals surface area contributed by atoms with E-state index in [0.717, 1.165) is 5.92 Å². The Balaban J connectivity index is 3.15. The number of allylic oxidation sites excluding steroid dienone is 4. The van der Waals surface area contributed by atoms with E-state index >= 15 is 0 Å². The fourth-order valence-corrected chi connectivity index (χ4v) is 8.83. The number of hydrogen-bond acceptors (Lipinski definition) is 0. The van der Waals surface area contributed by atoms with Crippen LogP contribution in [-0.4, -0.2) is 0 Å². The summed E-state index contributed by atoms with van der Waals surface area (Å²) in [6.45, 7) is 11.8. The Morgan fingerprint density at radius 2 is 0.469 bits per heavy atom. The van der Waals surface area contributed by atoms with Crippen LogP contribution >= 0.6 is 0 Å². The van der Waals surface area contributed by atoms with Crippen molar-refractivity contribution in [3.8, 4) is 0 Å². The molecule has 0 heterocycles. The molecule has 0 fully saturated rings. The van der Waals surface area contributed by atoms with E-state index < -0.39 is 0 Å². The van der Waals surface area contributed by atoms with E-state index in [-0.39, 0.29) is 0 Å². The van der Waals surface area contributed by atoms with Gasteiger partial charge in [-0.25, -0.2) is 0 Å². The molecule has 0 nitrogen and oxygen atoms in total. The van der Waals surface area contributed by atoms with Crippen LogP contribution in [-0.2, 0) is 0 Å². The molecule has 0 heteroatoms. The second-order valence-electron chi connectivity index (χ2n) is 16.6. The molecule has 1 aliphatic carbocycles. The second kappa shape index (κ2) is 35.9. The zero-order valence-corrected chi connectivity index (χ0v) is 35.2. The van der Waals surface area contributed by atoms with Crippen molar-refractivity contribution in [2.24, 2.45) is 5.92 Å². The van der Waals surface area contributed by atoms with Crippen molar-refractivity contribution in [2.75, 3.05) is 0 Å². The maximum Gasteiger partial charge on any atom is 0.00188 e. The van der Waals surface area contributed by atoms with Gasteiger partial charge >= 0.3 is 0 Å². The van der Waals surface area contributed by atoms with Gasteiger partial charge in [0.25, 0.3) is 0 Å². The van der Waals surface area contributed by atoms with E-state index in [9.17, 15) is 0 Å². The molecule has 0 saturated heterocycles. The SMILES string of the molecule is CCCCCCCCCCC1=C(CCCCCCCCCC)C(CCCCCCCC)C(CCCCCCCC)=C1CCCCCCCC. The third-order valence-electron chi connectivity index (χ3n) is 12.0. The van der Waals surface area contributed by atoms with Crippen LogP contribution in [0.4, 0.5) is 0 Å². The van der Waals surface area contributed by atoms with E-state index in [0.29, 0.717) is 0 Å². The Morgan fingerprint density at radius 1 is 0.245 bits per heavy atom. The maximum atomic E-state index is 2.36. The van der Waals surface area contributed by atoms with E-state index in [1.54, 1.807) is 0 Å². The predicted molar refractivity (Wildman–Crippen MR) is 226 cm³/mol. The van der Waals surface area contributed by atoms with Gasteiger partial charge in [-0.1, -0.05) is 238 Å². The van der Waals surface area contributed by atoms with Crippen LogP contribution in [0.25, 0.3) is 0 Å². The second-order valence-corrected chi connectivity index (χ2v) is 16.6. The summed E-state index contributed by atoms with van der Waals surface area (Å²) in [5.74, 6) is 0.811. The summed E-state index contributed by atoms with van der Waals surface area (Å²) in [5.41, 5.74) is 7.86. The molecule has 1 aliphatic rings. The number of unbranched alkanes of at least 4 members (excludes halogenated alkanes) is 29. The molecule has 0 aromatic carbocycles. The highest BCUT2D eigenvalue weighted by molar-refractivity contribution is 5.50. The van der Waals surface area contributed by atoms with Crippen molar-refractivity contribution >= 4 is 0 Å². The van der Waals surface area contributed by atoms with Crippen molar-refractivity contribution in [1.29, 1.82) is 0 Å². The van der Waals surface area contributed by atoms with E-state index in [1.165, 1.54) is 250 Å². The first kappa shape index (κ1) is 46.5. The van der Waals surface area contributed by atoms with Gasteiger partial charge < -0.3 is 0 Å². The first-order chi connectivity index (χ1) is 24.2. The molecule has 1 rings (SSSR count). The third-order valence-corrected chi connectivity index (χ3v) is 12.0. The van der Waals surface area contributed by atoms with Crippen molar-refractivity contribution < 1.29 is 0 Å². The molecule has 0 radical (unpaired) electrons. The molecule has 1 unspecified atom stereocenters. The number of hydrogen-bond donors (Lipinski definition) is 0. The van der Waals surface area contributed by atoms with E-state index in [2.05, 4.69) is 34.6 Å². The highest BCUT2D eigenvalue weighted by Crippen LogP contribution is 2.48. The zero-order chi connectivity index (χ0) is 35.5. The van der Waals surface area contributed by atoms with Crippen LogP contribution in [0.15, 0.2) is 22.3 Å². The molecule has 0 spiro atoms. The normalized spacial score (nSPS) is 15.0.